The number of halogens is 1. The molecule has 1 aliphatic carbocycles. The van der Waals surface area contributed by atoms with Crippen LogP contribution in [0, 0.1) is 0 Å². The fourth-order valence-electron chi connectivity index (χ4n) is 2.00. The van der Waals surface area contributed by atoms with Gasteiger partial charge in [0.2, 0.25) is 0 Å². The van der Waals surface area contributed by atoms with Gasteiger partial charge in [-0.05, 0) is 11.8 Å². The zero-order valence-electron chi connectivity index (χ0n) is 10.2. The van der Waals surface area contributed by atoms with Gasteiger partial charge in [0.05, 0.1) is 9.90 Å². The summed E-state index contributed by atoms with van der Waals surface area (Å²) in [7, 11) is 2.93. The molecule has 0 fully saturated rings. The Bertz CT molecular complexity index is 571. The van der Waals surface area contributed by atoms with E-state index in [0.29, 0.717) is 10.6 Å². The van der Waals surface area contributed by atoms with Gasteiger partial charge in [0, 0.05) is 21.7 Å². The van der Waals surface area contributed by atoms with Crippen LogP contribution >= 0.6 is 32.5 Å². The molecule has 1 aliphatic heterocycles. The smallest absolute Gasteiger partial charge is 0.188 e. The normalized spacial score (nSPS) is 11.9. The third-order valence-corrected chi connectivity index (χ3v) is 5.04. The predicted molar refractivity (Wildman–Crippen MR) is 76.1 cm³/mol. The number of nitrogens with zero attached hydrogens (tertiary/aromatic N) is 1. The van der Waals surface area contributed by atoms with Crippen LogP contribution in [0.15, 0.2) is 4.79 Å². The second-order valence-corrected chi connectivity index (χ2v) is 6.94. The van der Waals surface area contributed by atoms with E-state index in [4.69, 9.17) is 11.6 Å². The largest absolute Gasteiger partial charge is 0.289 e. The van der Waals surface area contributed by atoms with Crippen molar-refractivity contribution in [2.45, 2.75) is 39.5 Å². The molecule has 0 atom stereocenters. The van der Waals surface area contributed by atoms with Crippen molar-refractivity contribution in [1.29, 1.82) is 0 Å². The SMILES string of the molecule is CC(C)c1c2ssnc-2c(Cl)c(C(C)C)c1=O. The molecule has 2 aliphatic rings. The Balaban J connectivity index is 2.92. The molecule has 2 rings (SSSR count). The van der Waals surface area contributed by atoms with Crippen LogP contribution in [0.4, 0.5) is 0 Å². The van der Waals surface area contributed by atoms with Crippen molar-refractivity contribution in [3.63, 3.8) is 0 Å². The molecule has 0 amide bonds. The first kappa shape index (κ1) is 13.0. The molecule has 5 heteroatoms. The Labute approximate surface area is 113 Å². The molecule has 0 aromatic heterocycles. The molecule has 17 heavy (non-hydrogen) atoms. The summed E-state index contributed by atoms with van der Waals surface area (Å²) in [4.78, 5) is 13.4. The standard InChI is InChI=1S/C12H14ClNOS2/c1-5(2)7-9(13)10-12(16-17-14-10)8(6(3)4)11(7)15/h5-6H,1-4H3. The van der Waals surface area contributed by atoms with Crippen molar-refractivity contribution >= 4 is 32.5 Å². The summed E-state index contributed by atoms with van der Waals surface area (Å²) >= 11 is 6.31. The fraction of sp³-hybridized carbons (Fsp3) is 0.500. The summed E-state index contributed by atoms with van der Waals surface area (Å²) in [5, 5.41) is 0.543. The first-order valence-corrected chi connectivity index (χ1v) is 8.04. The number of hydrogen-bond acceptors (Lipinski definition) is 4. The van der Waals surface area contributed by atoms with E-state index in [9.17, 15) is 4.79 Å². The highest BCUT2D eigenvalue weighted by Gasteiger charge is 2.26. The van der Waals surface area contributed by atoms with E-state index in [2.05, 4.69) is 4.37 Å². The predicted octanol–water partition coefficient (Wildman–Crippen LogP) is 4.57. The number of benzene rings is 1. The van der Waals surface area contributed by atoms with Crippen LogP contribution < -0.4 is 5.43 Å². The molecule has 0 aromatic carbocycles. The average molecular weight is 288 g/mol. The Hall–Kier alpha value is -0.450. The third kappa shape index (κ3) is 2.02. The van der Waals surface area contributed by atoms with Gasteiger partial charge in [0.25, 0.3) is 0 Å². The van der Waals surface area contributed by atoms with Gasteiger partial charge in [-0.15, -0.1) is 0 Å². The summed E-state index contributed by atoms with van der Waals surface area (Å²) < 4.78 is 4.33. The van der Waals surface area contributed by atoms with E-state index in [1.807, 2.05) is 27.7 Å². The number of rotatable bonds is 2. The fourth-order valence-corrected chi connectivity index (χ4v) is 4.69. The molecule has 0 spiro atoms. The quantitative estimate of drug-likeness (QED) is 0.757. The van der Waals surface area contributed by atoms with Gasteiger partial charge in [-0.1, -0.05) is 49.6 Å². The molecule has 2 nitrogen and oxygen atoms in total. The highest BCUT2D eigenvalue weighted by Crippen LogP contribution is 2.41. The average Bonchev–Trinajstić information content (AvgIpc) is 2.65. The molecule has 0 aromatic rings. The van der Waals surface area contributed by atoms with Gasteiger partial charge >= 0.3 is 0 Å². The number of hydrogen-bond donors (Lipinski definition) is 0. The summed E-state index contributed by atoms with van der Waals surface area (Å²) in [6, 6.07) is 0. The monoisotopic (exact) mass is 287 g/mol. The second-order valence-electron chi connectivity index (χ2n) is 4.71. The topological polar surface area (TPSA) is 30.0 Å². The second kappa shape index (κ2) is 4.67. The van der Waals surface area contributed by atoms with Gasteiger partial charge in [0.1, 0.15) is 5.69 Å². The van der Waals surface area contributed by atoms with Crippen molar-refractivity contribution in [1.82, 2.24) is 4.37 Å². The lowest BCUT2D eigenvalue weighted by Gasteiger charge is -2.15. The van der Waals surface area contributed by atoms with Crippen LogP contribution in [0.5, 0.6) is 0 Å². The Morgan fingerprint density at radius 1 is 1.12 bits per heavy atom. The van der Waals surface area contributed by atoms with Crippen molar-refractivity contribution < 1.29 is 0 Å². The zero-order valence-corrected chi connectivity index (χ0v) is 12.6. The highest BCUT2D eigenvalue weighted by atomic mass is 35.5. The van der Waals surface area contributed by atoms with Gasteiger partial charge in [-0.2, -0.15) is 4.37 Å². The Morgan fingerprint density at radius 2 is 1.71 bits per heavy atom. The molecule has 92 valence electrons. The minimum absolute atomic E-state index is 0.101. The van der Waals surface area contributed by atoms with Crippen molar-refractivity contribution in [3.8, 4) is 10.6 Å². The van der Waals surface area contributed by atoms with E-state index >= 15 is 0 Å². The molecule has 1 heterocycles. The van der Waals surface area contributed by atoms with E-state index in [1.54, 1.807) is 0 Å². The lowest BCUT2D eigenvalue weighted by Crippen LogP contribution is -2.19. The summed E-state index contributed by atoms with van der Waals surface area (Å²) in [6.07, 6.45) is 0. The third-order valence-electron chi connectivity index (χ3n) is 2.80. The molecular weight excluding hydrogens is 274 g/mol. The summed E-state index contributed by atoms with van der Waals surface area (Å²) in [5.74, 6) is 0.330. The van der Waals surface area contributed by atoms with Crippen LogP contribution in [-0.2, 0) is 0 Å². The van der Waals surface area contributed by atoms with E-state index < -0.39 is 0 Å². The lowest BCUT2D eigenvalue weighted by atomic mass is 9.92. The van der Waals surface area contributed by atoms with Crippen molar-refractivity contribution in [2.24, 2.45) is 0 Å². The molecule has 0 bridgehead atoms. The molecule has 0 saturated heterocycles. The van der Waals surface area contributed by atoms with Crippen LogP contribution in [0.25, 0.3) is 10.6 Å². The van der Waals surface area contributed by atoms with Crippen LogP contribution in [0.3, 0.4) is 0 Å². The Kier molecular flexibility index (Phi) is 3.57. The van der Waals surface area contributed by atoms with Gasteiger partial charge in [-0.3, -0.25) is 4.79 Å². The molecule has 0 radical (unpaired) electrons. The molecule has 0 N–H and O–H groups in total. The van der Waals surface area contributed by atoms with E-state index in [0.717, 1.165) is 16.1 Å². The first-order chi connectivity index (χ1) is 7.95. The summed E-state index contributed by atoms with van der Waals surface area (Å²) in [6.45, 7) is 8.07. The van der Waals surface area contributed by atoms with Crippen molar-refractivity contribution in [2.75, 3.05) is 0 Å². The van der Waals surface area contributed by atoms with Gasteiger partial charge < -0.3 is 0 Å². The maximum atomic E-state index is 12.5. The van der Waals surface area contributed by atoms with Gasteiger partial charge in [-0.25, -0.2) is 0 Å². The molecule has 0 unspecified atom stereocenters. The van der Waals surface area contributed by atoms with Crippen LogP contribution in [0.1, 0.15) is 50.7 Å². The highest BCUT2D eigenvalue weighted by molar-refractivity contribution is 7.68. The van der Waals surface area contributed by atoms with E-state index in [1.165, 1.54) is 20.9 Å². The number of fused-ring (bicyclic) bond motifs is 1. The molecular formula is C12H14ClNOS2. The Morgan fingerprint density at radius 3 is 2.24 bits per heavy atom. The van der Waals surface area contributed by atoms with Crippen LogP contribution in [-0.4, -0.2) is 4.37 Å². The lowest BCUT2D eigenvalue weighted by molar-refractivity contribution is 0.820. The van der Waals surface area contributed by atoms with Crippen molar-refractivity contribution in [3.05, 3.63) is 26.4 Å². The molecule has 0 saturated carbocycles. The summed E-state index contributed by atoms with van der Waals surface area (Å²) in [5.41, 5.74) is 2.48. The minimum atomic E-state index is 0.101. The zero-order chi connectivity index (χ0) is 12.7. The van der Waals surface area contributed by atoms with Gasteiger partial charge in [0.15, 0.2) is 5.43 Å². The number of aromatic nitrogens is 1. The minimum Gasteiger partial charge on any atom is -0.289 e. The maximum Gasteiger partial charge on any atom is 0.188 e. The van der Waals surface area contributed by atoms with E-state index in [-0.39, 0.29) is 17.3 Å². The van der Waals surface area contributed by atoms with Crippen LogP contribution in [0.2, 0.25) is 5.02 Å². The first-order valence-electron chi connectivity index (χ1n) is 5.56. The maximum absolute atomic E-state index is 12.5.